The molecule has 0 aliphatic heterocycles. The van der Waals surface area contributed by atoms with Gasteiger partial charge in [0, 0.05) is 10.7 Å². The molecular formula is C19H21ClN2O5S. The van der Waals surface area contributed by atoms with Crippen molar-refractivity contribution in [1.82, 2.24) is 0 Å². The summed E-state index contributed by atoms with van der Waals surface area (Å²) in [5.41, 5.74) is 1.73. The number of sulfonamides is 1. The Kier molecular flexibility index (Phi) is 7.04. The number of esters is 1. The van der Waals surface area contributed by atoms with Crippen LogP contribution in [0.15, 0.2) is 42.5 Å². The highest BCUT2D eigenvalue weighted by molar-refractivity contribution is 7.92. The SMILES string of the molecule is CCOC(=O)c1ccc(C)c(NC(=O)CN(c2ccc(Cl)cc2)S(C)(=O)=O)c1. The van der Waals surface area contributed by atoms with E-state index < -0.39 is 28.4 Å². The summed E-state index contributed by atoms with van der Waals surface area (Å²) < 4.78 is 30.2. The van der Waals surface area contributed by atoms with Crippen LogP contribution in [0.5, 0.6) is 0 Å². The number of hydrogen-bond acceptors (Lipinski definition) is 5. The van der Waals surface area contributed by atoms with Crippen molar-refractivity contribution in [1.29, 1.82) is 0 Å². The highest BCUT2D eigenvalue weighted by Gasteiger charge is 2.21. The van der Waals surface area contributed by atoms with Gasteiger partial charge in [0.25, 0.3) is 0 Å². The fourth-order valence-electron chi connectivity index (χ4n) is 2.43. The van der Waals surface area contributed by atoms with Gasteiger partial charge in [-0.2, -0.15) is 0 Å². The summed E-state index contributed by atoms with van der Waals surface area (Å²) in [4.78, 5) is 24.4. The maximum atomic E-state index is 12.5. The molecule has 0 saturated carbocycles. The molecule has 2 aromatic rings. The lowest BCUT2D eigenvalue weighted by molar-refractivity contribution is -0.114. The molecule has 150 valence electrons. The number of aryl methyl sites for hydroxylation is 1. The maximum Gasteiger partial charge on any atom is 0.338 e. The van der Waals surface area contributed by atoms with E-state index in [1.807, 2.05) is 0 Å². The Balaban J connectivity index is 2.22. The van der Waals surface area contributed by atoms with Crippen molar-refractivity contribution < 1.29 is 22.7 Å². The van der Waals surface area contributed by atoms with Gasteiger partial charge < -0.3 is 10.1 Å². The Bertz CT molecular complexity index is 974. The van der Waals surface area contributed by atoms with Gasteiger partial charge in [0.05, 0.1) is 24.1 Å². The number of ether oxygens (including phenoxy) is 1. The third kappa shape index (κ3) is 5.71. The van der Waals surface area contributed by atoms with Gasteiger partial charge in [-0.1, -0.05) is 17.7 Å². The van der Waals surface area contributed by atoms with E-state index in [9.17, 15) is 18.0 Å². The fraction of sp³-hybridized carbons (Fsp3) is 0.263. The van der Waals surface area contributed by atoms with Crippen molar-refractivity contribution >= 4 is 44.9 Å². The average molecular weight is 425 g/mol. The first-order valence-corrected chi connectivity index (χ1v) is 10.7. The van der Waals surface area contributed by atoms with Crippen LogP contribution in [0.25, 0.3) is 0 Å². The first-order chi connectivity index (χ1) is 13.1. The van der Waals surface area contributed by atoms with E-state index in [0.717, 1.165) is 16.1 Å². The average Bonchev–Trinajstić information content (AvgIpc) is 2.62. The van der Waals surface area contributed by atoms with Gasteiger partial charge in [0.15, 0.2) is 0 Å². The number of hydrogen-bond donors (Lipinski definition) is 1. The Hall–Kier alpha value is -2.58. The number of benzene rings is 2. The van der Waals surface area contributed by atoms with Crippen LogP contribution in [0.2, 0.25) is 5.02 Å². The van der Waals surface area contributed by atoms with E-state index >= 15 is 0 Å². The number of nitrogens with zero attached hydrogens (tertiary/aromatic N) is 1. The lowest BCUT2D eigenvalue weighted by Crippen LogP contribution is -2.37. The van der Waals surface area contributed by atoms with Crippen molar-refractivity contribution in [2.45, 2.75) is 13.8 Å². The monoisotopic (exact) mass is 424 g/mol. The number of carbonyl (C=O) groups excluding carboxylic acids is 2. The molecule has 0 aromatic heterocycles. The van der Waals surface area contributed by atoms with Crippen LogP contribution < -0.4 is 9.62 Å². The van der Waals surface area contributed by atoms with E-state index in [2.05, 4.69) is 5.32 Å². The maximum absolute atomic E-state index is 12.5. The predicted octanol–water partition coefficient (Wildman–Crippen LogP) is 3.23. The summed E-state index contributed by atoms with van der Waals surface area (Å²) in [6.45, 7) is 3.27. The first-order valence-electron chi connectivity index (χ1n) is 8.42. The summed E-state index contributed by atoms with van der Waals surface area (Å²) in [5, 5.41) is 3.10. The molecule has 0 saturated heterocycles. The van der Waals surface area contributed by atoms with Gasteiger partial charge >= 0.3 is 5.97 Å². The van der Waals surface area contributed by atoms with Gasteiger partial charge in [0.2, 0.25) is 15.9 Å². The molecule has 0 unspecified atom stereocenters. The minimum Gasteiger partial charge on any atom is -0.462 e. The van der Waals surface area contributed by atoms with E-state index in [1.54, 1.807) is 38.1 Å². The largest absolute Gasteiger partial charge is 0.462 e. The van der Waals surface area contributed by atoms with Crippen LogP contribution in [0.1, 0.15) is 22.8 Å². The Morgan fingerprint density at radius 1 is 1.14 bits per heavy atom. The summed E-state index contributed by atoms with van der Waals surface area (Å²) in [6.07, 6.45) is 1.02. The van der Waals surface area contributed by atoms with E-state index in [1.165, 1.54) is 18.2 Å². The molecule has 2 aromatic carbocycles. The van der Waals surface area contributed by atoms with Crippen molar-refractivity contribution in [3.63, 3.8) is 0 Å². The molecular weight excluding hydrogens is 404 g/mol. The van der Waals surface area contributed by atoms with Crippen LogP contribution >= 0.6 is 11.6 Å². The zero-order valence-electron chi connectivity index (χ0n) is 15.7. The quantitative estimate of drug-likeness (QED) is 0.689. The zero-order chi connectivity index (χ0) is 20.9. The highest BCUT2D eigenvalue weighted by atomic mass is 35.5. The minimum absolute atomic E-state index is 0.235. The lowest BCUT2D eigenvalue weighted by atomic mass is 10.1. The Labute approximate surface area is 169 Å². The molecule has 0 aliphatic rings. The Morgan fingerprint density at radius 3 is 2.36 bits per heavy atom. The lowest BCUT2D eigenvalue weighted by Gasteiger charge is -2.22. The summed E-state index contributed by atoms with van der Waals surface area (Å²) >= 11 is 5.84. The number of carbonyl (C=O) groups is 2. The van der Waals surface area contributed by atoms with Crippen LogP contribution in [-0.4, -0.2) is 39.7 Å². The fourth-order valence-corrected chi connectivity index (χ4v) is 3.41. The smallest absolute Gasteiger partial charge is 0.338 e. The van der Waals surface area contributed by atoms with Gasteiger partial charge in [-0.25, -0.2) is 13.2 Å². The second-order valence-electron chi connectivity index (χ2n) is 6.04. The summed E-state index contributed by atoms with van der Waals surface area (Å²) in [5.74, 6) is -1.05. The van der Waals surface area contributed by atoms with Gasteiger partial charge in [-0.3, -0.25) is 9.10 Å². The number of halogens is 1. The summed E-state index contributed by atoms with van der Waals surface area (Å²) in [6, 6.07) is 10.9. The molecule has 1 amide bonds. The van der Waals surface area contributed by atoms with Crippen LogP contribution in [0, 0.1) is 6.92 Å². The molecule has 0 aliphatic carbocycles. The van der Waals surface area contributed by atoms with Crippen molar-refractivity contribution in [3.8, 4) is 0 Å². The number of nitrogens with one attached hydrogen (secondary N) is 1. The van der Waals surface area contributed by atoms with Gasteiger partial charge in [-0.15, -0.1) is 0 Å². The van der Waals surface area contributed by atoms with Gasteiger partial charge in [0.1, 0.15) is 6.54 Å². The predicted molar refractivity (Wildman–Crippen MR) is 109 cm³/mol. The Morgan fingerprint density at radius 2 is 1.79 bits per heavy atom. The topological polar surface area (TPSA) is 92.8 Å². The molecule has 0 spiro atoms. The zero-order valence-corrected chi connectivity index (χ0v) is 17.3. The second-order valence-corrected chi connectivity index (χ2v) is 8.39. The molecule has 1 N–H and O–H groups in total. The number of anilines is 2. The van der Waals surface area contributed by atoms with Crippen molar-refractivity contribution in [2.75, 3.05) is 29.0 Å². The van der Waals surface area contributed by atoms with Crippen LogP contribution in [-0.2, 0) is 19.6 Å². The van der Waals surface area contributed by atoms with Crippen LogP contribution in [0.3, 0.4) is 0 Å². The number of rotatable bonds is 7. The summed E-state index contributed by atoms with van der Waals surface area (Å²) in [7, 11) is -3.70. The molecule has 0 bridgehead atoms. The van der Waals surface area contributed by atoms with Crippen LogP contribution in [0.4, 0.5) is 11.4 Å². The molecule has 7 nitrogen and oxygen atoms in total. The third-order valence-electron chi connectivity index (χ3n) is 3.82. The molecule has 0 radical (unpaired) electrons. The third-order valence-corrected chi connectivity index (χ3v) is 5.22. The van der Waals surface area contributed by atoms with Crippen molar-refractivity contribution in [2.24, 2.45) is 0 Å². The highest BCUT2D eigenvalue weighted by Crippen LogP contribution is 2.21. The minimum atomic E-state index is -3.70. The molecule has 0 heterocycles. The van der Waals surface area contributed by atoms with E-state index in [4.69, 9.17) is 16.3 Å². The van der Waals surface area contributed by atoms with E-state index in [-0.39, 0.29) is 6.61 Å². The second kappa shape index (κ2) is 9.07. The van der Waals surface area contributed by atoms with Gasteiger partial charge in [-0.05, 0) is 55.8 Å². The normalized spacial score (nSPS) is 11.0. The number of amides is 1. The standard InChI is InChI=1S/C19H21ClN2O5S/c1-4-27-19(24)14-6-5-13(2)17(11-14)21-18(23)12-22(28(3,25)26)16-9-7-15(20)8-10-16/h5-11H,4,12H2,1-3H3,(H,21,23). The molecule has 28 heavy (non-hydrogen) atoms. The first kappa shape index (κ1) is 21.7. The van der Waals surface area contributed by atoms with E-state index in [0.29, 0.717) is 22.0 Å². The molecule has 0 fully saturated rings. The van der Waals surface area contributed by atoms with Crippen molar-refractivity contribution in [3.05, 3.63) is 58.6 Å². The molecule has 9 heteroatoms. The molecule has 2 rings (SSSR count). The molecule has 0 atom stereocenters.